The molecule has 0 spiro atoms. The van der Waals surface area contributed by atoms with Crippen LogP contribution in [0.5, 0.6) is 0 Å². The van der Waals surface area contributed by atoms with Crippen molar-refractivity contribution >= 4 is 0 Å². The number of nitrogens with zero attached hydrogens (tertiary/aromatic N) is 1. The molecular formula is C4H9FN2. The first-order valence-corrected chi connectivity index (χ1v) is 2.43. The van der Waals surface area contributed by atoms with E-state index >= 15 is 0 Å². The number of rotatable bonds is 0. The molecule has 2 N–H and O–H groups in total. The zero-order valence-electron chi connectivity index (χ0n) is 4.10. The molecule has 0 radical (unpaired) electrons. The van der Waals surface area contributed by atoms with Crippen LogP contribution in [-0.4, -0.2) is 24.3 Å². The molecule has 2 nitrogen and oxygen atoms in total. The van der Waals surface area contributed by atoms with Crippen LogP contribution in [0.15, 0.2) is 0 Å². The van der Waals surface area contributed by atoms with Crippen molar-refractivity contribution in [3.8, 4) is 0 Å². The van der Waals surface area contributed by atoms with Crippen LogP contribution in [0.1, 0.15) is 6.42 Å². The summed E-state index contributed by atoms with van der Waals surface area (Å²) >= 11 is 0. The predicted octanol–water partition coefficient (Wildman–Crippen LogP) is -0.0961. The van der Waals surface area contributed by atoms with Crippen molar-refractivity contribution in [1.29, 1.82) is 0 Å². The fourth-order valence-corrected chi connectivity index (χ4v) is 0.743. The zero-order valence-corrected chi connectivity index (χ0v) is 4.10. The molecule has 1 aliphatic rings. The average molecular weight is 104 g/mol. The topological polar surface area (TPSA) is 29.3 Å². The van der Waals surface area contributed by atoms with Crippen molar-refractivity contribution in [3.63, 3.8) is 0 Å². The summed E-state index contributed by atoms with van der Waals surface area (Å²) in [6.45, 7) is 1.13. The van der Waals surface area contributed by atoms with Gasteiger partial charge in [-0.05, 0) is 6.42 Å². The molecule has 0 aromatic rings. The van der Waals surface area contributed by atoms with Crippen molar-refractivity contribution in [1.82, 2.24) is 5.01 Å². The lowest BCUT2D eigenvalue weighted by atomic mass is 10.4. The molecule has 1 heterocycles. The van der Waals surface area contributed by atoms with Gasteiger partial charge in [0.1, 0.15) is 6.17 Å². The maximum atomic E-state index is 12.1. The molecule has 0 aromatic carbocycles. The second-order valence-electron chi connectivity index (χ2n) is 1.88. The van der Waals surface area contributed by atoms with E-state index in [-0.39, 0.29) is 0 Å². The molecule has 3 heteroatoms. The van der Waals surface area contributed by atoms with Crippen LogP contribution in [-0.2, 0) is 0 Å². The first-order valence-electron chi connectivity index (χ1n) is 2.43. The van der Waals surface area contributed by atoms with Gasteiger partial charge < -0.3 is 0 Å². The summed E-state index contributed by atoms with van der Waals surface area (Å²) in [6.07, 6.45) is -0.0683. The Morgan fingerprint density at radius 3 is 2.57 bits per heavy atom. The zero-order chi connectivity index (χ0) is 5.28. The van der Waals surface area contributed by atoms with Crippen molar-refractivity contribution in [2.24, 2.45) is 5.84 Å². The van der Waals surface area contributed by atoms with E-state index in [1.54, 1.807) is 0 Å². The van der Waals surface area contributed by atoms with Gasteiger partial charge in [0.25, 0.3) is 0 Å². The van der Waals surface area contributed by atoms with Crippen LogP contribution in [0.2, 0.25) is 0 Å². The fourth-order valence-electron chi connectivity index (χ4n) is 0.743. The number of halogens is 1. The van der Waals surface area contributed by atoms with Gasteiger partial charge in [-0.15, -0.1) is 0 Å². The molecule has 1 aliphatic heterocycles. The minimum absolute atomic E-state index is 0.417. The first-order chi connectivity index (χ1) is 3.29. The lowest BCUT2D eigenvalue weighted by molar-refractivity contribution is 0.295. The maximum absolute atomic E-state index is 12.1. The highest BCUT2D eigenvalue weighted by Crippen LogP contribution is 2.06. The Kier molecular flexibility index (Phi) is 1.25. The Hall–Kier alpha value is -0.150. The highest BCUT2D eigenvalue weighted by molar-refractivity contribution is 4.69. The minimum Gasteiger partial charge on any atom is -0.269 e. The van der Waals surface area contributed by atoms with E-state index in [2.05, 4.69) is 0 Å². The van der Waals surface area contributed by atoms with Crippen LogP contribution < -0.4 is 5.84 Å². The molecule has 0 aliphatic carbocycles. The predicted molar refractivity (Wildman–Crippen MR) is 25.3 cm³/mol. The standard InChI is InChI=1S/C4H9FN2/c5-4-1-2-7(6)3-4/h4H,1-3,6H2/t4-/m0/s1. The van der Waals surface area contributed by atoms with Gasteiger partial charge in [0.2, 0.25) is 0 Å². The fraction of sp³-hybridized carbons (Fsp3) is 1.00. The molecule has 0 bridgehead atoms. The Labute approximate surface area is 42.1 Å². The maximum Gasteiger partial charge on any atom is 0.115 e. The van der Waals surface area contributed by atoms with Crippen LogP contribution >= 0.6 is 0 Å². The molecule has 7 heavy (non-hydrogen) atoms. The van der Waals surface area contributed by atoms with Crippen LogP contribution in [0.4, 0.5) is 4.39 Å². The van der Waals surface area contributed by atoms with E-state index in [4.69, 9.17) is 5.84 Å². The smallest absolute Gasteiger partial charge is 0.115 e. The van der Waals surface area contributed by atoms with Crippen molar-refractivity contribution in [2.75, 3.05) is 13.1 Å². The highest BCUT2D eigenvalue weighted by atomic mass is 19.1. The molecule has 0 amide bonds. The third-order valence-electron chi connectivity index (χ3n) is 1.16. The second kappa shape index (κ2) is 1.76. The van der Waals surface area contributed by atoms with Gasteiger partial charge in [-0.1, -0.05) is 0 Å². The van der Waals surface area contributed by atoms with E-state index in [1.807, 2.05) is 0 Å². The monoisotopic (exact) mass is 104 g/mol. The Morgan fingerprint density at radius 1 is 1.71 bits per heavy atom. The summed E-state index contributed by atoms with van der Waals surface area (Å²) in [5.74, 6) is 5.22. The molecule has 42 valence electrons. The van der Waals surface area contributed by atoms with Gasteiger partial charge in [0.15, 0.2) is 0 Å². The first kappa shape index (κ1) is 5.00. The number of alkyl halides is 1. The molecule has 1 fully saturated rings. The summed E-state index contributed by atoms with van der Waals surface area (Å²) in [5.41, 5.74) is 0. The van der Waals surface area contributed by atoms with E-state index in [9.17, 15) is 4.39 Å². The molecule has 1 saturated heterocycles. The van der Waals surface area contributed by atoms with E-state index in [1.165, 1.54) is 5.01 Å². The Balaban J connectivity index is 2.26. The van der Waals surface area contributed by atoms with Gasteiger partial charge in [-0.2, -0.15) is 0 Å². The Bertz CT molecular complexity index is 58.7. The third-order valence-corrected chi connectivity index (χ3v) is 1.16. The van der Waals surface area contributed by atoms with Gasteiger partial charge in [0, 0.05) is 13.1 Å². The lowest BCUT2D eigenvalue weighted by Gasteiger charge is -2.01. The molecular weight excluding hydrogens is 95.1 g/mol. The van der Waals surface area contributed by atoms with Crippen molar-refractivity contribution in [3.05, 3.63) is 0 Å². The molecule has 1 atom stereocenters. The minimum atomic E-state index is -0.676. The quantitative estimate of drug-likeness (QED) is 0.435. The van der Waals surface area contributed by atoms with Crippen LogP contribution in [0.25, 0.3) is 0 Å². The van der Waals surface area contributed by atoms with E-state index in [0.717, 1.165) is 0 Å². The number of nitrogens with two attached hydrogens (primary N) is 1. The summed E-state index contributed by atoms with van der Waals surface area (Å²) in [6, 6.07) is 0. The second-order valence-corrected chi connectivity index (χ2v) is 1.88. The number of hydrogen-bond acceptors (Lipinski definition) is 2. The van der Waals surface area contributed by atoms with Crippen molar-refractivity contribution < 1.29 is 4.39 Å². The third kappa shape index (κ3) is 1.11. The summed E-state index contributed by atoms with van der Waals surface area (Å²) in [7, 11) is 0. The normalized spacial score (nSPS) is 34.3. The van der Waals surface area contributed by atoms with Gasteiger partial charge in [-0.25, -0.2) is 9.40 Å². The largest absolute Gasteiger partial charge is 0.269 e. The van der Waals surface area contributed by atoms with Gasteiger partial charge in [-0.3, -0.25) is 5.84 Å². The lowest BCUT2D eigenvalue weighted by Crippen LogP contribution is -2.28. The molecule has 1 rings (SSSR count). The van der Waals surface area contributed by atoms with Gasteiger partial charge in [0.05, 0.1) is 0 Å². The molecule has 0 saturated carbocycles. The van der Waals surface area contributed by atoms with Crippen LogP contribution in [0.3, 0.4) is 0 Å². The Morgan fingerprint density at radius 2 is 2.43 bits per heavy atom. The molecule has 0 unspecified atom stereocenters. The highest BCUT2D eigenvalue weighted by Gasteiger charge is 2.17. The molecule has 0 aromatic heterocycles. The average Bonchev–Trinajstić information content (AvgIpc) is 1.87. The van der Waals surface area contributed by atoms with Crippen molar-refractivity contribution in [2.45, 2.75) is 12.6 Å². The summed E-state index contributed by atoms with van der Waals surface area (Å²) < 4.78 is 12.1. The van der Waals surface area contributed by atoms with Gasteiger partial charge >= 0.3 is 0 Å². The SMILES string of the molecule is NN1CC[C@H](F)C1. The summed E-state index contributed by atoms with van der Waals surface area (Å²) in [5, 5.41) is 1.50. The van der Waals surface area contributed by atoms with Crippen LogP contribution in [0, 0.1) is 0 Å². The summed E-state index contributed by atoms with van der Waals surface area (Å²) in [4.78, 5) is 0. The number of hydrogen-bond donors (Lipinski definition) is 1. The van der Waals surface area contributed by atoms with E-state index < -0.39 is 6.17 Å². The number of hydrazine groups is 1. The van der Waals surface area contributed by atoms with E-state index in [0.29, 0.717) is 19.5 Å².